The number of amides is 1. The lowest BCUT2D eigenvalue weighted by Crippen LogP contribution is -2.29. The molecule has 0 saturated carbocycles. The van der Waals surface area contributed by atoms with Crippen molar-refractivity contribution in [3.8, 4) is 0 Å². The van der Waals surface area contributed by atoms with E-state index in [2.05, 4.69) is 15.4 Å². The summed E-state index contributed by atoms with van der Waals surface area (Å²) in [5.74, 6) is -0.674. The molecular weight excluding hydrogens is 434 g/mol. The minimum Gasteiger partial charge on any atom is -0.346 e. The molecule has 160 valence electrons. The van der Waals surface area contributed by atoms with E-state index in [-0.39, 0.29) is 34.9 Å². The molecule has 4 rings (SSSR count). The third-order valence-electron chi connectivity index (χ3n) is 4.80. The second kappa shape index (κ2) is 8.94. The number of nitrogens with one attached hydrogen (secondary N) is 1. The minimum absolute atomic E-state index is 0.0501. The Morgan fingerprint density at radius 1 is 1.09 bits per heavy atom. The molecule has 0 bridgehead atoms. The molecule has 0 saturated heterocycles. The maximum absolute atomic E-state index is 12.9. The fourth-order valence-corrected chi connectivity index (χ4v) is 3.47. The zero-order valence-corrected chi connectivity index (χ0v) is 17.3. The van der Waals surface area contributed by atoms with Crippen LogP contribution in [0.3, 0.4) is 0 Å². The van der Waals surface area contributed by atoms with Crippen LogP contribution in [0.1, 0.15) is 21.7 Å². The highest BCUT2D eigenvalue weighted by molar-refractivity contribution is 6.31. The average Bonchev–Trinajstić information content (AvgIpc) is 2.80. The Morgan fingerprint density at radius 2 is 1.84 bits per heavy atom. The Morgan fingerprint density at radius 3 is 2.56 bits per heavy atom. The molecule has 2 aromatic carbocycles. The number of fused-ring (bicyclic) bond motifs is 1. The number of carbonyl (C=O) groups is 1. The Bertz CT molecular complexity index is 1390. The number of nitro benzene ring substituents is 1. The summed E-state index contributed by atoms with van der Waals surface area (Å²) in [5, 5.41) is 19.6. The van der Waals surface area contributed by atoms with Crippen LogP contribution in [0.2, 0.25) is 5.02 Å². The topological polar surface area (TPSA) is 120 Å². The molecule has 1 amide bonds. The van der Waals surface area contributed by atoms with Gasteiger partial charge in [-0.25, -0.2) is 4.68 Å². The van der Waals surface area contributed by atoms with Crippen LogP contribution in [-0.2, 0) is 13.1 Å². The van der Waals surface area contributed by atoms with E-state index < -0.39 is 10.8 Å². The van der Waals surface area contributed by atoms with Gasteiger partial charge in [-0.3, -0.25) is 24.7 Å². The molecule has 0 aliphatic heterocycles. The first kappa shape index (κ1) is 21.1. The lowest BCUT2D eigenvalue weighted by Gasteiger charge is -2.12. The lowest BCUT2D eigenvalue weighted by atomic mass is 10.1. The number of hydrogen-bond donors (Lipinski definition) is 1. The van der Waals surface area contributed by atoms with Crippen LogP contribution >= 0.6 is 11.6 Å². The molecule has 0 atom stereocenters. The van der Waals surface area contributed by atoms with Gasteiger partial charge in [0.2, 0.25) is 0 Å². The summed E-state index contributed by atoms with van der Waals surface area (Å²) in [7, 11) is 0. The van der Waals surface area contributed by atoms with E-state index in [1.165, 1.54) is 22.9 Å². The Balaban J connectivity index is 1.68. The van der Waals surface area contributed by atoms with Gasteiger partial charge in [-0.1, -0.05) is 35.9 Å². The van der Waals surface area contributed by atoms with Crippen molar-refractivity contribution in [2.45, 2.75) is 13.1 Å². The summed E-state index contributed by atoms with van der Waals surface area (Å²) in [4.78, 5) is 40.4. The number of pyridine rings is 1. The predicted molar refractivity (Wildman–Crippen MR) is 119 cm³/mol. The zero-order chi connectivity index (χ0) is 22.7. The van der Waals surface area contributed by atoms with Gasteiger partial charge in [0, 0.05) is 22.7 Å². The second-order valence-corrected chi connectivity index (χ2v) is 7.31. The van der Waals surface area contributed by atoms with Crippen LogP contribution in [0.15, 0.2) is 71.7 Å². The number of nitro groups is 1. The number of carbonyl (C=O) groups excluding carboxylic acids is 1. The molecule has 0 aliphatic rings. The summed E-state index contributed by atoms with van der Waals surface area (Å²) >= 11 is 5.92. The Labute approximate surface area is 186 Å². The van der Waals surface area contributed by atoms with E-state index in [9.17, 15) is 19.7 Å². The maximum Gasteiger partial charge on any atom is 0.282 e. The number of hydrogen-bond acceptors (Lipinski definition) is 6. The second-order valence-electron chi connectivity index (χ2n) is 6.88. The highest BCUT2D eigenvalue weighted by Gasteiger charge is 2.21. The van der Waals surface area contributed by atoms with Gasteiger partial charge in [0.05, 0.1) is 34.8 Å². The number of rotatable bonds is 6. The molecule has 1 N–H and O–H groups in total. The highest BCUT2D eigenvalue weighted by atomic mass is 35.5. The first-order valence-electron chi connectivity index (χ1n) is 9.55. The van der Waals surface area contributed by atoms with Gasteiger partial charge in [-0.15, -0.1) is 0 Å². The van der Waals surface area contributed by atoms with Crippen molar-refractivity contribution in [1.29, 1.82) is 0 Å². The van der Waals surface area contributed by atoms with Crippen LogP contribution in [0, 0.1) is 10.1 Å². The molecule has 0 aliphatic carbocycles. The molecular formula is C22H16ClN5O4. The SMILES string of the molecule is O=C(NCc1nn(Cc2ccccn2)c(=O)c2ccccc12)c1cc(Cl)ccc1[N+](=O)[O-]. The van der Waals surface area contributed by atoms with Crippen LogP contribution in [0.25, 0.3) is 10.8 Å². The van der Waals surface area contributed by atoms with E-state index >= 15 is 0 Å². The van der Waals surface area contributed by atoms with E-state index in [1.807, 2.05) is 6.07 Å². The summed E-state index contributed by atoms with van der Waals surface area (Å²) < 4.78 is 1.29. The van der Waals surface area contributed by atoms with Crippen molar-refractivity contribution in [3.63, 3.8) is 0 Å². The van der Waals surface area contributed by atoms with Crippen molar-refractivity contribution in [2.24, 2.45) is 0 Å². The van der Waals surface area contributed by atoms with E-state index in [0.29, 0.717) is 22.2 Å². The largest absolute Gasteiger partial charge is 0.346 e. The summed E-state index contributed by atoms with van der Waals surface area (Å²) in [6.45, 7) is 0.108. The van der Waals surface area contributed by atoms with Gasteiger partial charge >= 0.3 is 0 Å². The van der Waals surface area contributed by atoms with Crippen LogP contribution in [-0.4, -0.2) is 25.6 Å². The average molecular weight is 450 g/mol. The minimum atomic E-state index is -0.674. The Kier molecular flexibility index (Phi) is 5.91. The van der Waals surface area contributed by atoms with Gasteiger partial charge in [-0.05, 0) is 30.3 Å². The first-order chi connectivity index (χ1) is 15.4. The third kappa shape index (κ3) is 4.33. The summed E-state index contributed by atoms with van der Waals surface area (Å²) in [5.41, 5.74) is 0.293. The number of nitrogens with zero attached hydrogens (tertiary/aromatic N) is 4. The standard InChI is InChI=1S/C22H16ClN5O4/c23-14-8-9-20(28(31)32)18(11-14)21(29)25-12-19-16-6-1-2-7-17(16)22(30)27(26-19)13-15-5-3-4-10-24-15/h1-11H,12-13H2,(H,25,29). The molecule has 0 spiro atoms. The predicted octanol–water partition coefficient (Wildman–Crippen LogP) is 3.33. The fourth-order valence-electron chi connectivity index (χ4n) is 3.30. The monoisotopic (exact) mass is 449 g/mol. The van der Waals surface area contributed by atoms with Gasteiger partial charge in [0.1, 0.15) is 5.56 Å². The van der Waals surface area contributed by atoms with Crippen molar-refractivity contribution in [2.75, 3.05) is 0 Å². The molecule has 4 aromatic rings. The fraction of sp³-hybridized carbons (Fsp3) is 0.0909. The van der Waals surface area contributed by atoms with E-state index in [1.54, 1.807) is 42.6 Å². The number of aromatic nitrogens is 3. The van der Waals surface area contributed by atoms with E-state index in [4.69, 9.17) is 11.6 Å². The van der Waals surface area contributed by atoms with Crippen LogP contribution in [0.4, 0.5) is 5.69 Å². The molecule has 0 radical (unpaired) electrons. The smallest absolute Gasteiger partial charge is 0.282 e. The van der Waals surface area contributed by atoms with Crippen LogP contribution < -0.4 is 10.9 Å². The number of benzene rings is 2. The van der Waals surface area contributed by atoms with E-state index in [0.717, 1.165) is 0 Å². The maximum atomic E-state index is 12.9. The molecule has 0 unspecified atom stereocenters. The molecule has 10 heteroatoms. The molecule has 9 nitrogen and oxygen atoms in total. The van der Waals surface area contributed by atoms with Gasteiger partial charge in [0.25, 0.3) is 17.2 Å². The first-order valence-corrected chi connectivity index (χ1v) is 9.92. The molecule has 32 heavy (non-hydrogen) atoms. The van der Waals surface area contributed by atoms with Crippen molar-refractivity contribution < 1.29 is 9.72 Å². The normalized spacial score (nSPS) is 10.8. The lowest BCUT2D eigenvalue weighted by molar-refractivity contribution is -0.385. The third-order valence-corrected chi connectivity index (χ3v) is 5.03. The van der Waals surface area contributed by atoms with Crippen molar-refractivity contribution >= 4 is 34.0 Å². The van der Waals surface area contributed by atoms with Crippen LogP contribution in [0.5, 0.6) is 0 Å². The molecule has 0 fully saturated rings. The zero-order valence-electron chi connectivity index (χ0n) is 16.6. The number of halogens is 1. The van der Waals surface area contributed by atoms with Crippen molar-refractivity contribution in [1.82, 2.24) is 20.1 Å². The van der Waals surface area contributed by atoms with Crippen molar-refractivity contribution in [3.05, 3.63) is 109 Å². The molecule has 2 heterocycles. The van der Waals surface area contributed by atoms with Gasteiger partial charge in [-0.2, -0.15) is 5.10 Å². The van der Waals surface area contributed by atoms with Gasteiger partial charge < -0.3 is 5.32 Å². The highest BCUT2D eigenvalue weighted by Crippen LogP contribution is 2.23. The quantitative estimate of drug-likeness (QED) is 0.356. The molecule has 2 aromatic heterocycles. The summed E-state index contributed by atoms with van der Waals surface area (Å²) in [6, 6.07) is 16.1. The Hall–Kier alpha value is -4.11. The van der Waals surface area contributed by atoms with Gasteiger partial charge in [0.15, 0.2) is 0 Å². The summed E-state index contributed by atoms with van der Waals surface area (Å²) in [6.07, 6.45) is 1.63.